The van der Waals surface area contributed by atoms with Crippen LogP contribution in [0, 0.1) is 0 Å². The predicted molar refractivity (Wildman–Crippen MR) is 118 cm³/mol. The van der Waals surface area contributed by atoms with E-state index in [2.05, 4.69) is 6.92 Å². The van der Waals surface area contributed by atoms with Gasteiger partial charge >= 0.3 is 29.6 Å². The quantitative estimate of drug-likeness (QED) is 0.268. The second kappa shape index (κ2) is 14.9. The normalized spacial score (nSPS) is 11.2. The SMILES string of the molecule is CCCCCCCCCCCCc1ccc(S(=O)(=O)O)cc1Oc1cccc([O-])c1.[Na+]. The number of hydrogen-bond donors (Lipinski definition) is 1. The summed E-state index contributed by atoms with van der Waals surface area (Å²) >= 11 is 0. The summed E-state index contributed by atoms with van der Waals surface area (Å²) in [6.07, 6.45) is 13.1. The van der Waals surface area contributed by atoms with Gasteiger partial charge in [0.05, 0.1) is 4.90 Å². The maximum absolute atomic E-state index is 11.5. The van der Waals surface area contributed by atoms with Gasteiger partial charge in [-0.2, -0.15) is 8.42 Å². The van der Waals surface area contributed by atoms with Crippen molar-refractivity contribution in [2.45, 2.75) is 82.4 Å². The molecule has 0 aliphatic rings. The summed E-state index contributed by atoms with van der Waals surface area (Å²) in [4.78, 5) is -0.220. The van der Waals surface area contributed by atoms with Gasteiger partial charge in [0.25, 0.3) is 10.1 Å². The molecule has 5 nitrogen and oxygen atoms in total. The molecular formula is C24H33NaO5S. The van der Waals surface area contributed by atoms with Crippen LogP contribution in [0.2, 0.25) is 0 Å². The number of ether oxygens (including phenoxy) is 1. The molecular weight excluding hydrogens is 423 g/mol. The van der Waals surface area contributed by atoms with E-state index in [0.29, 0.717) is 11.5 Å². The van der Waals surface area contributed by atoms with Gasteiger partial charge in [0.2, 0.25) is 0 Å². The first-order chi connectivity index (χ1) is 14.4. The topological polar surface area (TPSA) is 86.7 Å². The molecule has 0 radical (unpaired) electrons. The van der Waals surface area contributed by atoms with Crippen molar-refractivity contribution in [1.29, 1.82) is 0 Å². The fraction of sp³-hybridized carbons (Fsp3) is 0.500. The summed E-state index contributed by atoms with van der Waals surface area (Å²) in [7, 11) is -4.33. The van der Waals surface area contributed by atoms with Crippen molar-refractivity contribution in [2.75, 3.05) is 0 Å². The smallest absolute Gasteiger partial charge is 0.872 e. The summed E-state index contributed by atoms with van der Waals surface area (Å²) in [5, 5.41) is 11.5. The van der Waals surface area contributed by atoms with Crippen molar-refractivity contribution in [3.63, 3.8) is 0 Å². The second-order valence-electron chi connectivity index (χ2n) is 7.75. The third-order valence-electron chi connectivity index (χ3n) is 5.17. The van der Waals surface area contributed by atoms with E-state index in [1.54, 1.807) is 18.2 Å². The minimum absolute atomic E-state index is 0. The van der Waals surface area contributed by atoms with Crippen LogP contribution in [0.3, 0.4) is 0 Å². The van der Waals surface area contributed by atoms with Crippen LogP contribution in [0.25, 0.3) is 0 Å². The Morgan fingerprint density at radius 2 is 1.48 bits per heavy atom. The van der Waals surface area contributed by atoms with E-state index in [0.717, 1.165) is 24.8 Å². The van der Waals surface area contributed by atoms with Gasteiger partial charge in [-0.15, -0.1) is 5.75 Å². The molecule has 7 heteroatoms. The van der Waals surface area contributed by atoms with E-state index < -0.39 is 10.1 Å². The molecule has 0 aromatic heterocycles. The molecule has 0 fully saturated rings. The molecule has 0 bridgehead atoms. The van der Waals surface area contributed by atoms with E-state index in [1.807, 2.05) is 0 Å². The van der Waals surface area contributed by atoms with Gasteiger partial charge in [-0.25, -0.2) is 0 Å². The van der Waals surface area contributed by atoms with Crippen molar-refractivity contribution in [1.82, 2.24) is 0 Å². The van der Waals surface area contributed by atoms with Crippen molar-refractivity contribution < 1.29 is 52.4 Å². The summed E-state index contributed by atoms with van der Waals surface area (Å²) in [6.45, 7) is 2.23. The zero-order valence-corrected chi connectivity index (χ0v) is 21.6. The Labute approximate surface area is 209 Å². The molecule has 0 aliphatic heterocycles. The monoisotopic (exact) mass is 456 g/mol. The van der Waals surface area contributed by atoms with E-state index >= 15 is 0 Å². The molecule has 1 N–H and O–H groups in total. The van der Waals surface area contributed by atoms with Gasteiger partial charge in [-0.3, -0.25) is 4.55 Å². The van der Waals surface area contributed by atoms with E-state index in [-0.39, 0.29) is 40.2 Å². The maximum Gasteiger partial charge on any atom is 1.00 e. The molecule has 0 atom stereocenters. The average molecular weight is 457 g/mol. The van der Waals surface area contributed by atoms with Crippen molar-refractivity contribution in [3.05, 3.63) is 48.0 Å². The molecule has 0 aliphatic carbocycles. The minimum atomic E-state index is -4.33. The Kier molecular flexibility index (Phi) is 13.5. The summed E-state index contributed by atoms with van der Waals surface area (Å²) in [5.74, 6) is 0.514. The maximum atomic E-state index is 11.5. The molecule has 31 heavy (non-hydrogen) atoms. The Bertz CT molecular complexity index is 883. The van der Waals surface area contributed by atoms with Crippen molar-refractivity contribution in [2.24, 2.45) is 0 Å². The Balaban J connectivity index is 0.00000480. The zero-order chi connectivity index (χ0) is 21.8. The standard InChI is InChI=1S/C24H34O5S.Na/c1-2-3-4-5-6-7-8-9-10-11-13-20-16-17-23(30(26,27)28)19-24(20)29-22-15-12-14-21(25)18-22;/h12,14-19,25H,2-11,13H2,1H3,(H,26,27,28);/q;+1/p-1. The van der Waals surface area contributed by atoms with Gasteiger partial charge in [-0.1, -0.05) is 82.9 Å². The van der Waals surface area contributed by atoms with Crippen LogP contribution in [-0.2, 0) is 16.5 Å². The molecule has 166 valence electrons. The minimum Gasteiger partial charge on any atom is -0.872 e. The van der Waals surface area contributed by atoms with Crippen LogP contribution >= 0.6 is 0 Å². The predicted octanol–water partition coefficient (Wildman–Crippen LogP) is 3.27. The summed E-state index contributed by atoms with van der Waals surface area (Å²) < 4.78 is 38.1. The zero-order valence-electron chi connectivity index (χ0n) is 18.8. The largest absolute Gasteiger partial charge is 1.00 e. The molecule has 2 aromatic rings. The first kappa shape index (κ1) is 28.0. The molecule has 0 spiro atoms. The Morgan fingerprint density at radius 1 is 0.871 bits per heavy atom. The number of unbranched alkanes of at least 4 members (excludes halogenated alkanes) is 9. The first-order valence-electron chi connectivity index (χ1n) is 11.0. The van der Waals surface area contributed by atoms with Crippen molar-refractivity contribution >= 4 is 10.1 Å². The van der Waals surface area contributed by atoms with Crippen molar-refractivity contribution in [3.8, 4) is 17.2 Å². The van der Waals surface area contributed by atoms with E-state index in [1.165, 1.54) is 75.6 Å². The average Bonchev–Trinajstić information content (AvgIpc) is 2.69. The number of hydrogen-bond acceptors (Lipinski definition) is 4. The number of benzene rings is 2. The van der Waals surface area contributed by atoms with Crippen LogP contribution in [0.5, 0.6) is 17.2 Å². The van der Waals surface area contributed by atoms with Gasteiger partial charge in [0, 0.05) is 6.07 Å². The van der Waals surface area contributed by atoms with Crippen LogP contribution < -0.4 is 39.4 Å². The Hall–Kier alpha value is -1.05. The number of aryl methyl sites for hydroxylation is 1. The second-order valence-corrected chi connectivity index (χ2v) is 9.18. The molecule has 2 rings (SSSR count). The van der Waals surface area contributed by atoms with E-state index in [4.69, 9.17) is 4.74 Å². The van der Waals surface area contributed by atoms with Gasteiger partial charge < -0.3 is 9.84 Å². The Morgan fingerprint density at radius 3 is 2.06 bits per heavy atom. The summed E-state index contributed by atoms with van der Waals surface area (Å²) in [5.41, 5.74) is 0.860. The fourth-order valence-electron chi connectivity index (χ4n) is 3.46. The molecule has 2 aromatic carbocycles. The summed E-state index contributed by atoms with van der Waals surface area (Å²) in [6, 6.07) is 10.4. The fourth-order valence-corrected chi connectivity index (χ4v) is 3.96. The van der Waals surface area contributed by atoms with E-state index in [9.17, 15) is 18.1 Å². The van der Waals surface area contributed by atoms with Gasteiger partial charge in [-0.05, 0) is 36.6 Å². The van der Waals surface area contributed by atoms with Crippen LogP contribution in [0.1, 0.15) is 76.7 Å². The molecule has 0 unspecified atom stereocenters. The first-order valence-corrected chi connectivity index (χ1v) is 12.4. The molecule has 0 heterocycles. The third-order valence-corrected chi connectivity index (χ3v) is 6.02. The van der Waals surface area contributed by atoms with Crippen LogP contribution in [-0.4, -0.2) is 13.0 Å². The van der Waals surface area contributed by atoms with Crippen LogP contribution in [0.15, 0.2) is 47.4 Å². The molecule has 0 saturated carbocycles. The third kappa shape index (κ3) is 10.9. The molecule has 0 amide bonds. The van der Waals surface area contributed by atoms with Gasteiger partial charge in [0.15, 0.2) is 0 Å². The molecule has 0 saturated heterocycles. The number of rotatable bonds is 14. The van der Waals surface area contributed by atoms with Gasteiger partial charge in [0.1, 0.15) is 11.5 Å². The van der Waals surface area contributed by atoms with Crippen LogP contribution in [0.4, 0.5) is 0 Å².